The van der Waals surface area contributed by atoms with Gasteiger partial charge in [-0.15, -0.1) is 0 Å². The predicted molar refractivity (Wildman–Crippen MR) is 64.7 cm³/mol. The molecule has 0 amide bonds. The van der Waals surface area contributed by atoms with Crippen LogP contribution in [0.25, 0.3) is 0 Å². The molecule has 0 aromatic carbocycles. The second kappa shape index (κ2) is 8.89. The Hall–Kier alpha value is 0.310. The second-order valence-electron chi connectivity index (χ2n) is 4.06. The molecule has 0 aromatic heterocycles. The van der Waals surface area contributed by atoms with Crippen LogP contribution in [-0.4, -0.2) is 30.8 Å². The Kier molecular flexibility index (Phi) is 9.10. The predicted octanol–water partition coefficient (Wildman–Crippen LogP) is 3.06. The number of hydrogen-bond acceptors (Lipinski definition) is 2. The fraction of sp³-hybridized carbons (Fsp3) is 1.00. The molecule has 13 heavy (non-hydrogen) atoms. The molecule has 0 aromatic rings. The Balaban J connectivity index is 3.29. The Morgan fingerprint density at radius 2 is 1.92 bits per heavy atom. The Labute approximate surface area is 89.3 Å². The van der Waals surface area contributed by atoms with Gasteiger partial charge in [-0.3, -0.25) is 0 Å². The van der Waals surface area contributed by atoms with E-state index in [4.69, 9.17) is 0 Å². The Morgan fingerprint density at radius 3 is 2.46 bits per heavy atom. The summed E-state index contributed by atoms with van der Waals surface area (Å²) in [6.07, 6.45) is 5.21. The van der Waals surface area contributed by atoms with Gasteiger partial charge < -0.3 is 4.90 Å². The maximum atomic E-state index is 4.25. The fourth-order valence-electron chi connectivity index (χ4n) is 1.35. The zero-order chi connectivity index (χ0) is 10.1. The minimum Gasteiger partial charge on any atom is -0.306 e. The first-order valence-electron chi connectivity index (χ1n) is 5.50. The van der Waals surface area contributed by atoms with Gasteiger partial charge in [0.05, 0.1) is 0 Å². The van der Waals surface area contributed by atoms with Crippen LogP contribution in [-0.2, 0) is 0 Å². The molecule has 0 bridgehead atoms. The zero-order valence-corrected chi connectivity index (χ0v) is 10.3. The fourth-order valence-corrected chi connectivity index (χ4v) is 1.79. The van der Waals surface area contributed by atoms with Crippen LogP contribution >= 0.6 is 12.6 Å². The monoisotopic (exact) mass is 203 g/mol. The first-order chi connectivity index (χ1) is 6.20. The molecule has 0 aliphatic heterocycles. The molecule has 0 aliphatic rings. The van der Waals surface area contributed by atoms with Crippen molar-refractivity contribution in [2.45, 2.75) is 39.5 Å². The molecule has 0 aliphatic carbocycles. The maximum Gasteiger partial charge on any atom is -0.00192 e. The quantitative estimate of drug-likeness (QED) is 0.593. The molecule has 2 heteroatoms. The van der Waals surface area contributed by atoms with Gasteiger partial charge in [0.1, 0.15) is 0 Å². The molecule has 0 fully saturated rings. The van der Waals surface area contributed by atoms with Gasteiger partial charge in [0.15, 0.2) is 0 Å². The van der Waals surface area contributed by atoms with Gasteiger partial charge in [-0.1, -0.05) is 20.3 Å². The van der Waals surface area contributed by atoms with Gasteiger partial charge in [0.2, 0.25) is 0 Å². The first-order valence-corrected chi connectivity index (χ1v) is 6.13. The molecule has 0 rings (SSSR count). The largest absolute Gasteiger partial charge is 0.306 e. The van der Waals surface area contributed by atoms with Crippen LogP contribution in [0, 0.1) is 5.92 Å². The highest BCUT2D eigenvalue weighted by atomic mass is 32.1. The van der Waals surface area contributed by atoms with Crippen LogP contribution in [0.4, 0.5) is 0 Å². The number of thiol groups is 1. The van der Waals surface area contributed by atoms with E-state index in [2.05, 4.69) is 38.4 Å². The van der Waals surface area contributed by atoms with Crippen LogP contribution in [0.3, 0.4) is 0 Å². The number of rotatable bonds is 8. The highest BCUT2D eigenvalue weighted by molar-refractivity contribution is 7.80. The van der Waals surface area contributed by atoms with Crippen molar-refractivity contribution in [2.75, 3.05) is 25.9 Å². The first kappa shape index (κ1) is 13.3. The van der Waals surface area contributed by atoms with Crippen molar-refractivity contribution < 1.29 is 0 Å². The third-order valence-corrected chi connectivity index (χ3v) is 2.78. The van der Waals surface area contributed by atoms with E-state index in [1.807, 2.05) is 0 Å². The second-order valence-corrected chi connectivity index (χ2v) is 4.51. The molecular weight excluding hydrogens is 178 g/mol. The normalized spacial score (nSPS) is 13.6. The van der Waals surface area contributed by atoms with Crippen LogP contribution in [0.5, 0.6) is 0 Å². The molecule has 80 valence electrons. The van der Waals surface area contributed by atoms with Gasteiger partial charge in [0.25, 0.3) is 0 Å². The van der Waals surface area contributed by atoms with Gasteiger partial charge in [-0.2, -0.15) is 12.6 Å². The van der Waals surface area contributed by atoms with Gasteiger partial charge in [-0.05, 0) is 51.1 Å². The summed E-state index contributed by atoms with van der Waals surface area (Å²) >= 11 is 4.25. The highest BCUT2D eigenvalue weighted by Gasteiger charge is 2.03. The van der Waals surface area contributed by atoms with Crippen LogP contribution in [0.2, 0.25) is 0 Å². The molecule has 0 saturated heterocycles. The van der Waals surface area contributed by atoms with Crippen molar-refractivity contribution >= 4 is 12.6 Å². The molecule has 0 spiro atoms. The van der Waals surface area contributed by atoms with E-state index in [0.29, 0.717) is 0 Å². The topological polar surface area (TPSA) is 3.24 Å². The van der Waals surface area contributed by atoms with Gasteiger partial charge in [0, 0.05) is 0 Å². The van der Waals surface area contributed by atoms with E-state index in [1.54, 1.807) is 0 Å². The summed E-state index contributed by atoms with van der Waals surface area (Å²) in [6, 6.07) is 0. The summed E-state index contributed by atoms with van der Waals surface area (Å²) in [7, 11) is 2.23. The standard InChI is InChI=1S/C11H25NS/c1-4-5-8-12(3)9-6-11(2)7-10-13/h11,13H,4-10H2,1-3H3. The zero-order valence-electron chi connectivity index (χ0n) is 9.42. The van der Waals surface area contributed by atoms with Crippen molar-refractivity contribution in [3.63, 3.8) is 0 Å². The summed E-state index contributed by atoms with van der Waals surface area (Å²) in [6.45, 7) is 7.07. The minimum absolute atomic E-state index is 0.835. The highest BCUT2D eigenvalue weighted by Crippen LogP contribution is 2.08. The number of hydrogen-bond donors (Lipinski definition) is 1. The lowest BCUT2D eigenvalue weighted by Gasteiger charge is -2.18. The smallest absolute Gasteiger partial charge is 0.00192 e. The Bertz CT molecular complexity index is 106. The molecule has 0 heterocycles. The van der Waals surface area contributed by atoms with Crippen molar-refractivity contribution in [2.24, 2.45) is 5.92 Å². The lowest BCUT2D eigenvalue weighted by Crippen LogP contribution is -2.22. The minimum atomic E-state index is 0.835. The number of unbranched alkanes of at least 4 members (excludes halogenated alkanes) is 1. The average molecular weight is 203 g/mol. The third-order valence-electron chi connectivity index (χ3n) is 2.52. The lowest BCUT2D eigenvalue weighted by molar-refractivity contribution is 0.299. The lowest BCUT2D eigenvalue weighted by atomic mass is 10.1. The van der Waals surface area contributed by atoms with E-state index in [0.717, 1.165) is 11.7 Å². The molecule has 0 N–H and O–H groups in total. The number of nitrogens with zero attached hydrogens (tertiary/aromatic N) is 1. The van der Waals surface area contributed by atoms with E-state index in [-0.39, 0.29) is 0 Å². The summed E-state index contributed by atoms with van der Waals surface area (Å²) in [5.74, 6) is 1.86. The van der Waals surface area contributed by atoms with Crippen molar-refractivity contribution in [3.8, 4) is 0 Å². The summed E-state index contributed by atoms with van der Waals surface area (Å²) in [5.41, 5.74) is 0. The van der Waals surface area contributed by atoms with E-state index >= 15 is 0 Å². The van der Waals surface area contributed by atoms with Crippen molar-refractivity contribution in [1.29, 1.82) is 0 Å². The summed E-state index contributed by atoms with van der Waals surface area (Å²) in [5, 5.41) is 0. The molecule has 1 nitrogen and oxygen atoms in total. The van der Waals surface area contributed by atoms with Crippen LogP contribution < -0.4 is 0 Å². The molecular formula is C11H25NS. The van der Waals surface area contributed by atoms with E-state index in [9.17, 15) is 0 Å². The molecule has 1 atom stereocenters. The Morgan fingerprint density at radius 1 is 1.23 bits per heavy atom. The molecule has 0 saturated carbocycles. The SMILES string of the molecule is CCCCN(C)CCC(C)CCS. The van der Waals surface area contributed by atoms with Crippen LogP contribution in [0.1, 0.15) is 39.5 Å². The average Bonchev–Trinajstić information content (AvgIpc) is 2.12. The molecule has 0 radical (unpaired) electrons. The van der Waals surface area contributed by atoms with Crippen molar-refractivity contribution in [1.82, 2.24) is 4.90 Å². The van der Waals surface area contributed by atoms with Gasteiger partial charge >= 0.3 is 0 Å². The summed E-state index contributed by atoms with van der Waals surface area (Å²) < 4.78 is 0. The maximum absolute atomic E-state index is 4.25. The van der Waals surface area contributed by atoms with Crippen LogP contribution in [0.15, 0.2) is 0 Å². The van der Waals surface area contributed by atoms with Gasteiger partial charge in [-0.25, -0.2) is 0 Å². The van der Waals surface area contributed by atoms with E-state index in [1.165, 1.54) is 38.8 Å². The molecule has 1 unspecified atom stereocenters. The van der Waals surface area contributed by atoms with E-state index < -0.39 is 0 Å². The third kappa shape index (κ3) is 8.63. The summed E-state index contributed by atoms with van der Waals surface area (Å²) in [4.78, 5) is 2.44. The van der Waals surface area contributed by atoms with Crippen molar-refractivity contribution in [3.05, 3.63) is 0 Å².